The second kappa shape index (κ2) is 10.2. The smallest absolute Gasteiger partial charge is 0.253 e. The molecule has 1 aromatic carbocycles. The first kappa shape index (κ1) is 20.3. The van der Waals surface area contributed by atoms with Crippen LogP contribution < -0.4 is 10.6 Å². The van der Waals surface area contributed by atoms with E-state index in [-0.39, 0.29) is 5.91 Å². The number of rotatable bonds is 7. The van der Waals surface area contributed by atoms with Crippen LogP contribution in [0.4, 0.5) is 0 Å². The van der Waals surface area contributed by atoms with Gasteiger partial charge in [0.15, 0.2) is 5.96 Å². The van der Waals surface area contributed by atoms with Crippen LogP contribution in [0, 0.1) is 0 Å². The number of thiophene rings is 1. The van der Waals surface area contributed by atoms with Crippen molar-refractivity contribution in [3.8, 4) is 0 Å². The largest absolute Gasteiger partial charge is 0.356 e. The Kier molecular flexibility index (Phi) is 7.94. The maximum absolute atomic E-state index is 12.0. The highest BCUT2D eigenvalue weighted by molar-refractivity contribution is 7.16. The molecule has 0 bridgehead atoms. The molecule has 0 spiro atoms. The van der Waals surface area contributed by atoms with Crippen molar-refractivity contribution in [3.05, 3.63) is 56.7 Å². The summed E-state index contributed by atoms with van der Waals surface area (Å²) in [6.07, 6.45) is 1.72. The molecule has 0 aliphatic heterocycles. The van der Waals surface area contributed by atoms with Crippen LogP contribution in [0.5, 0.6) is 0 Å². The second-order valence-corrected chi connectivity index (χ2v) is 7.83. The zero-order valence-electron chi connectivity index (χ0n) is 15.4. The number of carbonyl (C=O) groups is 1. The molecule has 0 saturated carbocycles. The molecule has 26 heavy (non-hydrogen) atoms. The summed E-state index contributed by atoms with van der Waals surface area (Å²) in [6.45, 7) is 1.54. The van der Waals surface area contributed by atoms with Gasteiger partial charge < -0.3 is 15.5 Å². The van der Waals surface area contributed by atoms with Gasteiger partial charge in [-0.15, -0.1) is 11.3 Å². The van der Waals surface area contributed by atoms with E-state index in [1.54, 1.807) is 37.4 Å². The third kappa shape index (κ3) is 6.35. The first-order valence-corrected chi connectivity index (χ1v) is 9.68. The highest BCUT2D eigenvalue weighted by Gasteiger charge is 2.08. The molecule has 2 N–H and O–H groups in total. The molecule has 0 fully saturated rings. The van der Waals surface area contributed by atoms with Gasteiger partial charge in [0.2, 0.25) is 0 Å². The van der Waals surface area contributed by atoms with E-state index < -0.39 is 0 Å². The minimum Gasteiger partial charge on any atom is -0.356 e. The quantitative estimate of drug-likeness (QED) is 0.562. The lowest BCUT2D eigenvalue weighted by atomic mass is 10.1. The van der Waals surface area contributed by atoms with Crippen molar-refractivity contribution in [2.45, 2.75) is 12.8 Å². The Balaban J connectivity index is 1.76. The fraction of sp³-hybridized carbons (Fsp3) is 0.368. The summed E-state index contributed by atoms with van der Waals surface area (Å²) in [5, 5.41) is 6.60. The molecule has 0 atom stereocenters. The number of aliphatic imine (C=N–C) groups is 1. The maximum atomic E-state index is 12.0. The van der Waals surface area contributed by atoms with Crippen molar-refractivity contribution in [3.63, 3.8) is 0 Å². The van der Waals surface area contributed by atoms with E-state index >= 15 is 0 Å². The fourth-order valence-electron chi connectivity index (χ4n) is 2.45. The average Bonchev–Trinajstić information content (AvgIpc) is 3.05. The Morgan fingerprint density at radius 3 is 2.50 bits per heavy atom. The number of nitrogens with one attached hydrogen (secondary N) is 2. The molecule has 1 heterocycles. The number of amides is 1. The van der Waals surface area contributed by atoms with E-state index in [9.17, 15) is 4.79 Å². The SMILES string of the molecule is CN=C(NCCc1cccc(C(=O)N(C)C)c1)NCCc1ccc(Cl)s1. The van der Waals surface area contributed by atoms with E-state index in [2.05, 4.69) is 15.6 Å². The van der Waals surface area contributed by atoms with Crippen molar-refractivity contribution in [2.75, 3.05) is 34.2 Å². The van der Waals surface area contributed by atoms with Crippen LogP contribution in [0.15, 0.2) is 41.4 Å². The number of carbonyl (C=O) groups excluding carboxylic acids is 1. The van der Waals surface area contributed by atoms with Gasteiger partial charge in [0.05, 0.1) is 4.34 Å². The van der Waals surface area contributed by atoms with E-state index in [4.69, 9.17) is 11.6 Å². The third-order valence-corrected chi connectivity index (χ3v) is 5.09. The monoisotopic (exact) mass is 392 g/mol. The third-order valence-electron chi connectivity index (χ3n) is 3.80. The summed E-state index contributed by atoms with van der Waals surface area (Å²) < 4.78 is 0.817. The zero-order chi connectivity index (χ0) is 18.9. The van der Waals surface area contributed by atoms with Crippen LogP contribution in [-0.4, -0.2) is 51.0 Å². The second-order valence-electron chi connectivity index (χ2n) is 6.03. The van der Waals surface area contributed by atoms with E-state index in [1.165, 1.54) is 4.88 Å². The van der Waals surface area contributed by atoms with Crippen molar-refractivity contribution < 1.29 is 4.79 Å². The Morgan fingerprint density at radius 1 is 1.15 bits per heavy atom. The van der Waals surface area contributed by atoms with Gasteiger partial charge in [-0.05, 0) is 42.7 Å². The van der Waals surface area contributed by atoms with Gasteiger partial charge in [0.25, 0.3) is 5.91 Å². The normalized spacial score (nSPS) is 11.3. The first-order chi connectivity index (χ1) is 12.5. The van der Waals surface area contributed by atoms with E-state index in [0.717, 1.165) is 41.8 Å². The fourth-order valence-corrected chi connectivity index (χ4v) is 3.54. The molecule has 1 aromatic heterocycles. The number of halogens is 1. The summed E-state index contributed by atoms with van der Waals surface area (Å²) in [5.41, 5.74) is 1.83. The molecule has 5 nitrogen and oxygen atoms in total. The molecule has 140 valence electrons. The minimum atomic E-state index is 0.0194. The Labute approximate surface area is 164 Å². The Hall–Kier alpha value is -2.05. The molecular formula is C19H25ClN4OS. The average molecular weight is 393 g/mol. The number of hydrogen-bond acceptors (Lipinski definition) is 3. The van der Waals surface area contributed by atoms with Gasteiger partial charge in [-0.2, -0.15) is 0 Å². The molecule has 1 amide bonds. The lowest BCUT2D eigenvalue weighted by Gasteiger charge is -2.13. The molecular weight excluding hydrogens is 368 g/mol. The molecule has 0 saturated heterocycles. The first-order valence-electron chi connectivity index (χ1n) is 8.49. The Morgan fingerprint density at radius 2 is 1.88 bits per heavy atom. The molecule has 0 unspecified atom stereocenters. The van der Waals surface area contributed by atoms with Gasteiger partial charge in [0.1, 0.15) is 0 Å². The van der Waals surface area contributed by atoms with Gasteiger partial charge in [-0.25, -0.2) is 0 Å². The van der Waals surface area contributed by atoms with Gasteiger partial charge in [-0.3, -0.25) is 9.79 Å². The summed E-state index contributed by atoms with van der Waals surface area (Å²) in [7, 11) is 5.28. The van der Waals surface area contributed by atoms with E-state index in [0.29, 0.717) is 5.56 Å². The van der Waals surface area contributed by atoms with E-state index in [1.807, 2.05) is 36.4 Å². The van der Waals surface area contributed by atoms with Gasteiger partial charge >= 0.3 is 0 Å². The minimum absolute atomic E-state index is 0.0194. The number of guanidine groups is 1. The highest BCUT2D eigenvalue weighted by atomic mass is 35.5. The van der Waals surface area contributed by atoms with Crippen molar-refractivity contribution >= 4 is 34.8 Å². The maximum Gasteiger partial charge on any atom is 0.253 e. The molecule has 2 rings (SSSR count). The molecule has 0 radical (unpaired) electrons. The summed E-state index contributed by atoms with van der Waals surface area (Å²) in [4.78, 5) is 19.1. The molecule has 0 aliphatic rings. The zero-order valence-corrected chi connectivity index (χ0v) is 17.0. The summed E-state index contributed by atoms with van der Waals surface area (Å²) in [5.74, 6) is 0.791. The van der Waals surface area contributed by atoms with Crippen molar-refractivity contribution in [1.82, 2.24) is 15.5 Å². The summed E-state index contributed by atoms with van der Waals surface area (Å²) >= 11 is 7.54. The standard InChI is InChI=1S/C19H25ClN4OS/c1-21-19(23-12-10-16-7-8-17(20)26-16)22-11-9-14-5-4-6-15(13-14)18(25)24(2)3/h4-8,13H,9-12H2,1-3H3,(H2,21,22,23). The van der Waals surface area contributed by atoms with Gasteiger partial charge in [-0.1, -0.05) is 23.7 Å². The van der Waals surface area contributed by atoms with Crippen molar-refractivity contribution in [1.29, 1.82) is 0 Å². The lowest BCUT2D eigenvalue weighted by molar-refractivity contribution is 0.0827. The molecule has 7 heteroatoms. The Bertz CT molecular complexity index is 758. The van der Waals surface area contributed by atoms with Crippen LogP contribution in [0.25, 0.3) is 0 Å². The van der Waals surface area contributed by atoms with Gasteiger partial charge in [0, 0.05) is 44.7 Å². The van der Waals surface area contributed by atoms with Crippen molar-refractivity contribution in [2.24, 2.45) is 4.99 Å². The van der Waals surface area contributed by atoms with Crippen LogP contribution in [0.3, 0.4) is 0 Å². The number of benzene rings is 1. The topological polar surface area (TPSA) is 56.7 Å². The molecule has 0 aliphatic carbocycles. The highest BCUT2D eigenvalue weighted by Crippen LogP contribution is 2.21. The van der Waals surface area contributed by atoms with Crippen LogP contribution in [0.1, 0.15) is 20.8 Å². The summed E-state index contributed by atoms with van der Waals surface area (Å²) in [6, 6.07) is 11.7. The van der Waals surface area contributed by atoms with Crippen LogP contribution in [-0.2, 0) is 12.8 Å². The number of hydrogen-bond donors (Lipinski definition) is 2. The predicted octanol–water partition coefficient (Wildman–Crippen LogP) is 3.05. The predicted molar refractivity (Wildman–Crippen MR) is 111 cm³/mol. The van der Waals surface area contributed by atoms with Crippen LogP contribution in [0.2, 0.25) is 4.34 Å². The lowest BCUT2D eigenvalue weighted by Crippen LogP contribution is -2.39. The number of nitrogens with zero attached hydrogens (tertiary/aromatic N) is 2. The molecule has 2 aromatic rings. The van der Waals surface area contributed by atoms with Crippen LogP contribution >= 0.6 is 22.9 Å².